The maximum atomic E-state index is 12.0. The van der Waals surface area contributed by atoms with Gasteiger partial charge >= 0.3 is 6.03 Å². The molecule has 1 aromatic heterocycles. The summed E-state index contributed by atoms with van der Waals surface area (Å²) in [5, 5.41) is 5.57. The van der Waals surface area contributed by atoms with Crippen LogP contribution in [0.25, 0.3) is 10.2 Å². The van der Waals surface area contributed by atoms with E-state index in [0.29, 0.717) is 17.7 Å². The summed E-state index contributed by atoms with van der Waals surface area (Å²) in [5.41, 5.74) is 2.36. The first kappa shape index (κ1) is 18.3. The van der Waals surface area contributed by atoms with Gasteiger partial charge in [-0.25, -0.2) is 18.2 Å². The average Bonchev–Trinajstić information content (AvgIpc) is 3.07. The molecule has 0 saturated heterocycles. The van der Waals surface area contributed by atoms with E-state index in [1.807, 2.05) is 30.3 Å². The number of thiazole rings is 1. The maximum absolute atomic E-state index is 12.0. The smallest absolute Gasteiger partial charge is 0.319 e. The van der Waals surface area contributed by atoms with Crippen LogP contribution in [0.15, 0.2) is 52.9 Å². The van der Waals surface area contributed by atoms with Gasteiger partial charge in [0.2, 0.25) is 14.2 Å². The highest BCUT2D eigenvalue weighted by molar-refractivity contribution is 7.93. The number of aromatic nitrogens is 1. The molecule has 2 aromatic carbocycles. The van der Waals surface area contributed by atoms with E-state index in [0.717, 1.165) is 28.0 Å². The standard InChI is InChI=1S/C18H19N3O3S2/c1-2-26(23,24)18-21-15-9-8-14(12-16(15)25-18)20-17(22)19-11-10-13-6-4-3-5-7-13/h3-9,12H,2,10-11H2,1H3,(H2,19,20,22). The van der Waals surface area contributed by atoms with Crippen molar-refractivity contribution in [3.8, 4) is 0 Å². The number of nitrogens with zero attached hydrogens (tertiary/aromatic N) is 1. The number of carbonyl (C=O) groups excluding carboxylic acids is 1. The average molecular weight is 390 g/mol. The molecule has 0 aliphatic heterocycles. The fourth-order valence-electron chi connectivity index (χ4n) is 2.38. The molecule has 0 aliphatic rings. The number of amides is 2. The number of nitrogens with one attached hydrogen (secondary N) is 2. The van der Waals surface area contributed by atoms with Crippen molar-refractivity contribution in [1.82, 2.24) is 10.3 Å². The van der Waals surface area contributed by atoms with Crippen molar-refractivity contribution in [2.75, 3.05) is 17.6 Å². The van der Waals surface area contributed by atoms with E-state index in [1.165, 1.54) is 0 Å². The van der Waals surface area contributed by atoms with E-state index in [4.69, 9.17) is 0 Å². The SMILES string of the molecule is CCS(=O)(=O)c1nc2ccc(NC(=O)NCCc3ccccc3)cc2s1. The summed E-state index contributed by atoms with van der Waals surface area (Å²) in [4.78, 5) is 16.2. The highest BCUT2D eigenvalue weighted by Crippen LogP contribution is 2.28. The molecule has 26 heavy (non-hydrogen) atoms. The van der Waals surface area contributed by atoms with Gasteiger partial charge in [-0.3, -0.25) is 0 Å². The van der Waals surface area contributed by atoms with Crippen LogP contribution >= 0.6 is 11.3 Å². The Kier molecular flexibility index (Phi) is 5.53. The van der Waals surface area contributed by atoms with Crippen molar-refractivity contribution in [2.45, 2.75) is 17.7 Å². The minimum atomic E-state index is -3.33. The van der Waals surface area contributed by atoms with Gasteiger partial charge in [-0.2, -0.15) is 0 Å². The number of urea groups is 1. The molecular formula is C18H19N3O3S2. The summed E-state index contributed by atoms with van der Waals surface area (Å²) < 4.78 is 24.7. The number of anilines is 1. The molecule has 0 fully saturated rings. The quantitative estimate of drug-likeness (QED) is 0.676. The Morgan fingerprint density at radius 3 is 2.65 bits per heavy atom. The zero-order chi connectivity index (χ0) is 18.6. The summed E-state index contributed by atoms with van der Waals surface area (Å²) in [7, 11) is -3.33. The predicted molar refractivity (Wildman–Crippen MR) is 105 cm³/mol. The maximum Gasteiger partial charge on any atom is 0.319 e. The van der Waals surface area contributed by atoms with Crippen LogP contribution in [-0.2, 0) is 16.3 Å². The zero-order valence-electron chi connectivity index (χ0n) is 14.2. The predicted octanol–water partition coefficient (Wildman–Crippen LogP) is 3.45. The lowest BCUT2D eigenvalue weighted by atomic mass is 10.1. The summed E-state index contributed by atoms with van der Waals surface area (Å²) in [6, 6.07) is 14.8. The number of rotatable bonds is 6. The lowest BCUT2D eigenvalue weighted by Gasteiger charge is -2.07. The Morgan fingerprint density at radius 1 is 1.15 bits per heavy atom. The molecule has 2 N–H and O–H groups in total. The normalized spacial score (nSPS) is 11.4. The third kappa shape index (κ3) is 4.39. The number of sulfone groups is 1. The number of hydrogen-bond donors (Lipinski definition) is 2. The monoisotopic (exact) mass is 389 g/mol. The van der Waals surface area contributed by atoms with Gasteiger partial charge in [-0.1, -0.05) is 37.3 Å². The second-order valence-electron chi connectivity index (χ2n) is 5.68. The van der Waals surface area contributed by atoms with Crippen molar-refractivity contribution < 1.29 is 13.2 Å². The van der Waals surface area contributed by atoms with Crippen molar-refractivity contribution >= 4 is 43.1 Å². The first-order chi connectivity index (χ1) is 12.5. The first-order valence-electron chi connectivity index (χ1n) is 8.20. The van der Waals surface area contributed by atoms with E-state index in [2.05, 4.69) is 15.6 Å². The third-order valence-electron chi connectivity index (χ3n) is 3.81. The van der Waals surface area contributed by atoms with Crippen LogP contribution in [-0.4, -0.2) is 31.7 Å². The lowest BCUT2D eigenvalue weighted by molar-refractivity contribution is 0.252. The zero-order valence-corrected chi connectivity index (χ0v) is 15.9. The van der Waals surface area contributed by atoms with Gasteiger partial charge in [0.25, 0.3) is 0 Å². The van der Waals surface area contributed by atoms with Gasteiger partial charge in [0, 0.05) is 12.2 Å². The van der Waals surface area contributed by atoms with Crippen LogP contribution in [0, 0.1) is 0 Å². The van der Waals surface area contributed by atoms with Gasteiger partial charge in [0.15, 0.2) is 0 Å². The molecule has 2 amide bonds. The molecular weight excluding hydrogens is 370 g/mol. The van der Waals surface area contributed by atoms with E-state index in [-0.39, 0.29) is 16.1 Å². The first-order valence-corrected chi connectivity index (χ1v) is 10.7. The number of carbonyl (C=O) groups is 1. The molecule has 136 valence electrons. The Morgan fingerprint density at radius 2 is 1.92 bits per heavy atom. The second-order valence-corrected chi connectivity index (χ2v) is 9.16. The van der Waals surface area contributed by atoms with E-state index in [9.17, 15) is 13.2 Å². The van der Waals surface area contributed by atoms with Gasteiger partial charge in [-0.05, 0) is 30.2 Å². The van der Waals surface area contributed by atoms with E-state index < -0.39 is 9.84 Å². The van der Waals surface area contributed by atoms with Crippen LogP contribution < -0.4 is 10.6 Å². The molecule has 3 aromatic rings. The fraction of sp³-hybridized carbons (Fsp3) is 0.222. The van der Waals surface area contributed by atoms with Crippen LogP contribution in [0.4, 0.5) is 10.5 Å². The van der Waals surface area contributed by atoms with Crippen LogP contribution in [0.1, 0.15) is 12.5 Å². The molecule has 0 spiro atoms. The molecule has 0 atom stereocenters. The van der Waals surface area contributed by atoms with Crippen LogP contribution in [0.5, 0.6) is 0 Å². The molecule has 0 bridgehead atoms. The van der Waals surface area contributed by atoms with Gasteiger partial charge in [0.1, 0.15) is 0 Å². The van der Waals surface area contributed by atoms with Crippen molar-refractivity contribution in [1.29, 1.82) is 0 Å². The lowest BCUT2D eigenvalue weighted by Crippen LogP contribution is -2.30. The largest absolute Gasteiger partial charge is 0.338 e. The summed E-state index contributed by atoms with van der Waals surface area (Å²) >= 11 is 1.11. The summed E-state index contributed by atoms with van der Waals surface area (Å²) in [6.07, 6.45) is 0.750. The number of hydrogen-bond acceptors (Lipinski definition) is 5. The van der Waals surface area contributed by atoms with Crippen LogP contribution in [0.3, 0.4) is 0 Å². The molecule has 1 heterocycles. The van der Waals surface area contributed by atoms with Crippen LogP contribution in [0.2, 0.25) is 0 Å². The molecule has 0 saturated carbocycles. The molecule has 0 aliphatic carbocycles. The van der Waals surface area contributed by atoms with Gasteiger partial charge in [0.05, 0.1) is 16.0 Å². The summed E-state index contributed by atoms with van der Waals surface area (Å²) in [5.74, 6) is 0.0156. The molecule has 0 radical (unpaired) electrons. The topological polar surface area (TPSA) is 88.2 Å². The Bertz CT molecular complexity index is 1010. The number of fused-ring (bicyclic) bond motifs is 1. The van der Waals surface area contributed by atoms with E-state index >= 15 is 0 Å². The van der Waals surface area contributed by atoms with Crippen molar-refractivity contribution in [2.24, 2.45) is 0 Å². The van der Waals surface area contributed by atoms with E-state index in [1.54, 1.807) is 25.1 Å². The third-order valence-corrected chi connectivity index (χ3v) is 7.02. The highest BCUT2D eigenvalue weighted by Gasteiger charge is 2.17. The van der Waals surface area contributed by atoms with Gasteiger partial charge < -0.3 is 10.6 Å². The van der Waals surface area contributed by atoms with Crippen molar-refractivity contribution in [3.05, 3.63) is 54.1 Å². The van der Waals surface area contributed by atoms with Crippen molar-refractivity contribution in [3.63, 3.8) is 0 Å². The summed E-state index contributed by atoms with van der Waals surface area (Å²) in [6.45, 7) is 2.12. The molecule has 0 unspecified atom stereocenters. The second kappa shape index (κ2) is 7.84. The number of benzene rings is 2. The minimum absolute atomic E-state index is 0.0156. The minimum Gasteiger partial charge on any atom is -0.338 e. The fourth-order valence-corrected chi connectivity index (χ4v) is 4.73. The Labute approximate surface area is 156 Å². The molecule has 8 heteroatoms. The van der Waals surface area contributed by atoms with Gasteiger partial charge in [-0.15, -0.1) is 11.3 Å². The highest BCUT2D eigenvalue weighted by atomic mass is 32.2. The molecule has 3 rings (SSSR count). The Hall–Kier alpha value is -2.45. The Balaban J connectivity index is 1.62. The molecule has 6 nitrogen and oxygen atoms in total.